The van der Waals surface area contributed by atoms with Crippen molar-refractivity contribution in [2.75, 3.05) is 5.32 Å². The molecule has 0 aromatic carbocycles. The summed E-state index contributed by atoms with van der Waals surface area (Å²) in [6.45, 7) is 5.95. The molecular weight excluding hydrogens is 238 g/mol. The third-order valence-electron chi connectivity index (χ3n) is 4.00. The van der Waals surface area contributed by atoms with Crippen LogP contribution < -0.4 is 5.32 Å². The van der Waals surface area contributed by atoms with Crippen LogP contribution in [-0.4, -0.2) is 22.2 Å². The molecule has 4 nitrogen and oxygen atoms in total. The predicted molar refractivity (Wildman–Crippen MR) is 74.9 cm³/mol. The third-order valence-corrected chi connectivity index (χ3v) is 4.00. The highest BCUT2D eigenvalue weighted by Gasteiger charge is 2.33. The maximum absolute atomic E-state index is 9.41. The molecule has 1 heterocycles. The second kappa shape index (κ2) is 5.58. The Hall–Kier alpha value is -1.60. The molecule has 0 spiro atoms. The Bertz CT molecular complexity index is 478. The van der Waals surface area contributed by atoms with Crippen molar-refractivity contribution in [3.63, 3.8) is 0 Å². The Kier molecular flexibility index (Phi) is 4.06. The minimum atomic E-state index is -0.127. The summed E-state index contributed by atoms with van der Waals surface area (Å²) >= 11 is 0. The molecule has 0 saturated heterocycles. The monoisotopic (exact) mass is 259 g/mol. The van der Waals surface area contributed by atoms with Crippen LogP contribution in [0.4, 0.5) is 5.82 Å². The summed E-state index contributed by atoms with van der Waals surface area (Å²) in [5, 5.41) is 21.9. The molecular formula is C15H21N3O. The second-order valence-electron chi connectivity index (χ2n) is 5.44. The summed E-state index contributed by atoms with van der Waals surface area (Å²) in [7, 11) is 0. The van der Waals surface area contributed by atoms with E-state index in [4.69, 9.17) is 5.26 Å². The number of pyridine rings is 1. The molecule has 0 amide bonds. The van der Waals surface area contributed by atoms with Crippen molar-refractivity contribution in [2.24, 2.45) is 5.92 Å². The number of nitriles is 1. The first-order valence-electron chi connectivity index (χ1n) is 6.88. The molecule has 1 atom stereocenters. The van der Waals surface area contributed by atoms with E-state index in [1.165, 1.54) is 0 Å². The van der Waals surface area contributed by atoms with Crippen LogP contribution in [0.5, 0.6) is 0 Å². The minimum absolute atomic E-state index is 0.127. The van der Waals surface area contributed by atoms with Crippen molar-refractivity contribution in [3.8, 4) is 6.07 Å². The number of nitrogens with zero attached hydrogens (tertiary/aromatic N) is 2. The fourth-order valence-corrected chi connectivity index (χ4v) is 2.78. The lowest BCUT2D eigenvalue weighted by molar-refractivity contribution is 0.0336. The van der Waals surface area contributed by atoms with Crippen molar-refractivity contribution in [1.29, 1.82) is 5.26 Å². The molecule has 1 aliphatic carbocycles. The largest absolute Gasteiger partial charge is 0.393 e. The molecule has 1 saturated carbocycles. The first kappa shape index (κ1) is 13.8. The summed E-state index contributed by atoms with van der Waals surface area (Å²) in [5.41, 5.74) is 2.40. The van der Waals surface area contributed by atoms with Crippen molar-refractivity contribution in [3.05, 3.63) is 22.9 Å². The van der Waals surface area contributed by atoms with Gasteiger partial charge in [0.1, 0.15) is 11.9 Å². The van der Waals surface area contributed by atoms with Gasteiger partial charge in [-0.15, -0.1) is 0 Å². The van der Waals surface area contributed by atoms with E-state index in [-0.39, 0.29) is 6.10 Å². The third kappa shape index (κ3) is 2.87. The molecule has 4 heteroatoms. The fraction of sp³-hybridized carbons (Fsp3) is 0.600. The zero-order valence-electron chi connectivity index (χ0n) is 11.8. The van der Waals surface area contributed by atoms with Crippen LogP contribution in [0.1, 0.15) is 43.0 Å². The van der Waals surface area contributed by atoms with E-state index in [9.17, 15) is 5.11 Å². The van der Waals surface area contributed by atoms with Gasteiger partial charge in [-0.2, -0.15) is 5.26 Å². The van der Waals surface area contributed by atoms with Crippen LogP contribution >= 0.6 is 0 Å². The molecule has 0 radical (unpaired) electrons. The molecule has 0 bridgehead atoms. The number of hydrogen-bond acceptors (Lipinski definition) is 4. The van der Waals surface area contributed by atoms with Crippen LogP contribution in [0.25, 0.3) is 0 Å². The Labute approximate surface area is 114 Å². The van der Waals surface area contributed by atoms with Crippen LogP contribution in [0, 0.1) is 31.1 Å². The lowest BCUT2D eigenvalue weighted by atomic mass is 9.76. The maximum atomic E-state index is 9.41. The van der Waals surface area contributed by atoms with Gasteiger partial charge in [0.2, 0.25) is 0 Å². The smallest absolute Gasteiger partial charge is 0.126 e. The van der Waals surface area contributed by atoms with Gasteiger partial charge in [0, 0.05) is 6.04 Å². The molecule has 1 aromatic heterocycles. The van der Waals surface area contributed by atoms with Crippen molar-refractivity contribution >= 4 is 5.82 Å². The number of aliphatic hydroxyl groups excluding tert-OH is 1. The normalized spacial score (nSPS) is 23.3. The second-order valence-corrected chi connectivity index (χ2v) is 5.44. The fourth-order valence-electron chi connectivity index (χ4n) is 2.78. The van der Waals surface area contributed by atoms with E-state index >= 15 is 0 Å². The van der Waals surface area contributed by atoms with Gasteiger partial charge < -0.3 is 10.4 Å². The summed E-state index contributed by atoms with van der Waals surface area (Å²) < 4.78 is 0. The molecule has 0 unspecified atom stereocenters. The van der Waals surface area contributed by atoms with E-state index < -0.39 is 0 Å². The van der Waals surface area contributed by atoms with Crippen LogP contribution in [0.2, 0.25) is 0 Å². The Morgan fingerprint density at radius 2 is 2.21 bits per heavy atom. The summed E-state index contributed by atoms with van der Waals surface area (Å²) in [6, 6.07) is 4.47. The topological polar surface area (TPSA) is 68.9 Å². The quantitative estimate of drug-likeness (QED) is 0.871. The molecule has 1 aromatic rings. The van der Waals surface area contributed by atoms with E-state index in [1.807, 2.05) is 19.9 Å². The van der Waals surface area contributed by atoms with E-state index in [0.29, 0.717) is 17.5 Å². The maximum Gasteiger partial charge on any atom is 0.126 e. The molecule has 2 rings (SSSR count). The lowest BCUT2D eigenvalue weighted by Crippen LogP contribution is -2.40. The number of aliphatic hydroxyl groups is 1. The number of hydrogen-bond donors (Lipinski definition) is 2. The Morgan fingerprint density at radius 1 is 1.53 bits per heavy atom. The SMILES string of the molecule is CC[C@@H](Nc1cc(C)c(C#N)c(C)n1)C1CC(O)C1. The van der Waals surface area contributed by atoms with Crippen LogP contribution in [-0.2, 0) is 0 Å². The predicted octanol–water partition coefficient (Wildman–Crippen LogP) is 2.53. The number of nitrogens with one attached hydrogen (secondary N) is 1. The first-order chi connectivity index (χ1) is 9.05. The average Bonchev–Trinajstić information content (AvgIpc) is 2.32. The minimum Gasteiger partial charge on any atom is -0.393 e. The molecule has 102 valence electrons. The van der Waals surface area contributed by atoms with E-state index in [0.717, 1.165) is 36.3 Å². The molecule has 0 aliphatic heterocycles. The average molecular weight is 259 g/mol. The number of rotatable bonds is 4. The van der Waals surface area contributed by atoms with E-state index in [2.05, 4.69) is 23.3 Å². The van der Waals surface area contributed by atoms with Crippen LogP contribution in [0.15, 0.2) is 6.07 Å². The standard InChI is InChI=1S/C15H21N3O/c1-4-14(11-6-12(19)7-11)18-15-5-9(2)13(8-16)10(3)17-15/h5,11-12,14,19H,4,6-7H2,1-3H3,(H,17,18)/t11?,12?,14-/m1/s1. The van der Waals surface area contributed by atoms with Gasteiger partial charge in [-0.1, -0.05) is 6.92 Å². The van der Waals surface area contributed by atoms with Gasteiger partial charge in [0.25, 0.3) is 0 Å². The number of aromatic nitrogens is 1. The molecule has 2 N–H and O–H groups in total. The number of anilines is 1. The van der Waals surface area contributed by atoms with Crippen molar-refractivity contribution in [2.45, 2.75) is 52.2 Å². The Balaban J connectivity index is 2.12. The van der Waals surface area contributed by atoms with Gasteiger partial charge in [0.05, 0.1) is 17.4 Å². The van der Waals surface area contributed by atoms with E-state index in [1.54, 1.807) is 0 Å². The molecule has 19 heavy (non-hydrogen) atoms. The van der Waals surface area contributed by atoms with Crippen molar-refractivity contribution < 1.29 is 5.11 Å². The first-order valence-corrected chi connectivity index (χ1v) is 6.88. The summed E-state index contributed by atoms with van der Waals surface area (Å²) in [4.78, 5) is 4.46. The highest BCUT2D eigenvalue weighted by atomic mass is 16.3. The summed E-state index contributed by atoms with van der Waals surface area (Å²) in [6.07, 6.45) is 2.63. The lowest BCUT2D eigenvalue weighted by Gasteiger charge is -2.38. The van der Waals surface area contributed by atoms with Gasteiger partial charge >= 0.3 is 0 Å². The highest BCUT2D eigenvalue weighted by Crippen LogP contribution is 2.33. The Morgan fingerprint density at radius 3 is 2.68 bits per heavy atom. The zero-order valence-corrected chi connectivity index (χ0v) is 11.8. The van der Waals surface area contributed by atoms with Gasteiger partial charge in [-0.05, 0) is 50.7 Å². The highest BCUT2D eigenvalue weighted by molar-refractivity contribution is 5.49. The van der Waals surface area contributed by atoms with Gasteiger partial charge in [0.15, 0.2) is 0 Å². The van der Waals surface area contributed by atoms with Crippen LogP contribution in [0.3, 0.4) is 0 Å². The summed E-state index contributed by atoms with van der Waals surface area (Å²) in [5.74, 6) is 1.36. The zero-order chi connectivity index (χ0) is 14.0. The van der Waals surface area contributed by atoms with Gasteiger partial charge in [-0.3, -0.25) is 0 Å². The van der Waals surface area contributed by atoms with Crippen molar-refractivity contribution in [1.82, 2.24) is 4.98 Å². The molecule has 1 fully saturated rings. The van der Waals surface area contributed by atoms with Gasteiger partial charge in [-0.25, -0.2) is 4.98 Å². The number of aryl methyl sites for hydroxylation is 2. The molecule has 1 aliphatic rings.